The third-order valence-corrected chi connectivity index (χ3v) is 3.09. The number of aryl methyl sites for hydroxylation is 1. The molecule has 2 aromatic rings. The van der Waals surface area contributed by atoms with Crippen molar-refractivity contribution in [3.63, 3.8) is 0 Å². The Morgan fingerprint density at radius 1 is 1.30 bits per heavy atom. The molecule has 1 aromatic carbocycles. The number of rotatable bonds is 5. The standard InChI is InChI=1S/C16H18N2O2/c1-2-13-6-4-8-17-15(13)11-18-16(20)10-12-5-3-7-14(19)9-12/h3-9,19H,2,10-11H2,1H3,(H,18,20). The average molecular weight is 270 g/mol. The summed E-state index contributed by atoms with van der Waals surface area (Å²) in [5.74, 6) is 0.0941. The molecule has 0 aliphatic heterocycles. The number of benzene rings is 1. The Labute approximate surface area is 118 Å². The Hall–Kier alpha value is -2.36. The maximum Gasteiger partial charge on any atom is 0.224 e. The first-order valence-electron chi connectivity index (χ1n) is 6.66. The first-order chi connectivity index (χ1) is 9.69. The van der Waals surface area contributed by atoms with Crippen LogP contribution in [0.5, 0.6) is 5.75 Å². The number of carbonyl (C=O) groups is 1. The summed E-state index contributed by atoms with van der Waals surface area (Å²) in [5, 5.41) is 12.2. The summed E-state index contributed by atoms with van der Waals surface area (Å²) in [4.78, 5) is 16.2. The first kappa shape index (κ1) is 14.1. The van der Waals surface area contributed by atoms with Crippen LogP contribution in [-0.4, -0.2) is 16.0 Å². The highest BCUT2D eigenvalue weighted by Gasteiger charge is 2.06. The van der Waals surface area contributed by atoms with Crippen LogP contribution in [0.4, 0.5) is 0 Å². The summed E-state index contributed by atoms with van der Waals surface area (Å²) < 4.78 is 0. The predicted octanol–water partition coefficient (Wildman–Crippen LogP) is 2.21. The molecular weight excluding hydrogens is 252 g/mol. The van der Waals surface area contributed by atoms with Crippen LogP contribution in [0.15, 0.2) is 42.6 Å². The number of phenolic OH excluding ortho intramolecular Hbond substituents is 1. The minimum Gasteiger partial charge on any atom is -0.508 e. The van der Waals surface area contributed by atoms with Crippen LogP contribution in [-0.2, 0) is 24.2 Å². The Balaban J connectivity index is 1.92. The molecule has 0 bridgehead atoms. The van der Waals surface area contributed by atoms with E-state index in [1.807, 2.05) is 18.2 Å². The summed E-state index contributed by atoms with van der Waals surface area (Å²) >= 11 is 0. The third-order valence-electron chi connectivity index (χ3n) is 3.09. The van der Waals surface area contributed by atoms with Gasteiger partial charge in [-0.2, -0.15) is 0 Å². The Bertz CT molecular complexity index is 597. The normalized spacial score (nSPS) is 10.2. The van der Waals surface area contributed by atoms with E-state index in [0.29, 0.717) is 6.54 Å². The van der Waals surface area contributed by atoms with E-state index in [4.69, 9.17) is 0 Å². The molecule has 0 saturated heterocycles. The Morgan fingerprint density at radius 2 is 2.15 bits per heavy atom. The van der Waals surface area contributed by atoms with Crippen molar-refractivity contribution in [2.45, 2.75) is 26.3 Å². The summed E-state index contributed by atoms with van der Waals surface area (Å²) in [6.45, 7) is 2.50. The van der Waals surface area contributed by atoms with Gasteiger partial charge in [0.05, 0.1) is 18.7 Å². The molecule has 20 heavy (non-hydrogen) atoms. The topological polar surface area (TPSA) is 62.2 Å². The highest BCUT2D eigenvalue weighted by molar-refractivity contribution is 5.78. The number of amides is 1. The van der Waals surface area contributed by atoms with E-state index in [2.05, 4.69) is 17.2 Å². The second-order valence-electron chi connectivity index (χ2n) is 4.59. The number of carbonyl (C=O) groups excluding carboxylic acids is 1. The molecule has 1 heterocycles. The summed E-state index contributed by atoms with van der Waals surface area (Å²) in [7, 11) is 0. The van der Waals surface area contributed by atoms with E-state index < -0.39 is 0 Å². The fourth-order valence-corrected chi connectivity index (χ4v) is 2.05. The number of hydrogen-bond donors (Lipinski definition) is 2. The van der Waals surface area contributed by atoms with Gasteiger partial charge >= 0.3 is 0 Å². The molecule has 0 fully saturated rings. The molecule has 1 aromatic heterocycles. The molecule has 0 spiro atoms. The molecule has 4 nitrogen and oxygen atoms in total. The van der Waals surface area contributed by atoms with Crippen LogP contribution in [0.2, 0.25) is 0 Å². The van der Waals surface area contributed by atoms with Crippen LogP contribution in [0.25, 0.3) is 0 Å². The molecule has 0 unspecified atom stereocenters. The number of nitrogens with zero attached hydrogens (tertiary/aromatic N) is 1. The molecule has 2 N–H and O–H groups in total. The van der Waals surface area contributed by atoms with E-state index in [-0.39, 0.29) is 18.1 Å². The van der Waals surface area contributed by atoms with Crippen molar-refractivity contribution in [1.29, 1.82) is 0 Å². The SMILES string of the molecule is CCc1cccnc1CNC(=O)Cc1cccc(O)c1. The predicted molar refractivity (Wildman–Crippen MR) is 77.3 cm³/mol. The van der Waals surface area contributed by atoms with Crippen LogP contribution < -0.4 is 5.32 Å². The highest BCUT2D eigenvalue weighted by Crippen LogP contribution is 2.11. The Kier molecular flexibility index (Phi) is 4.71. The van der Waals surface area contributed by atoms with Gasteiger partial charge < -0.3 is 10.4 Å². The zero-order valence-electron chi connectivity index (χ0n) is 11.5. The minimum absolute atomic E-state index is 0.0803. The average Bonchev–Trinajstić information content (AvgIpc) is 2.45. The molecule has 0 radical (unpaired) electrons. The number of aromatic nitrogens is 1. The number of nitrogens with one attached hydrogen (secondary N) is 1. The van der Waals surface area contributed by atoms with Gasteiger partial charge in [0.25, 0.3) is 0 Å². The van der Waals surface area contributed by atoms with Crippen LogP contribution >= 0.6 is 0 Å². The van der Waals surface area contributed by atoms with Crippen molar-refractivity contribution in [2.75, 3.05) is 0 Å². The van der Waals surface area contributed by atoms with E-state index in [1.165, 1.54) is 0 Å². The molecule has 0 atom stereocenters. The quantitative estimate of drug-likeness (QED) is 0.875. The fraction of sp³-hybridized carbons (Fsp3) is 0.250. The van der Waals surface area contributed by atoms with Gasteiger partial charge in [-0.1, -0.05) is 25.1 Å². The molecule has 0 aliphatic rings. The molecule has 104 valence electrons. The lowest BCUT2D eigenvalue weighted by molar-refractivity contribution is -0.120. The van der Waals surface area contributed by atoms with Crippen LogP contribution in [0, 0.1) is 0 Å². The molecule has 0 aliphatic carbocycles. The van der Waals surface area contributed by atoms with Crippen molar-refractivity contribution in [1.82, 2.24) is 10.3 Å². The van der Waals surface area contributed by atoms with Gasteiger partial charge in [-0.3, -0.25) is 9.78 Å². The minimum atomic E-state index is -0.0803. The van der Waals surface area contributed by atoms with Gasteiger partial charge in [-0.15, -0.1) is 0 Å². The number of phenols is 1. The largest absolute Gasteiger partial charge is 0.508 e. The van der Waals surface area contributed by atoms with Crippen molar-refractivity contribution in [2.24, 2.45) is 0 Å². The maximum absolute atomic E-state index is 11.9. The first-order valence-corrected chi connectivity index (χ1v) is 6.66. The van der Waals surface area contributed by atoms with Crippen molar-refractivity contribution >= 4 is 5.91 Å². The Morgan fingerprint density at radius 3 is 2.90 bits per heavy atom. The van der Waals surface area contributed by atoms with E-state index in [0.717, 1.165) is 23.2 Å². The van der Waals surface area contributed by atoms with Crippen molar-refractivity contribution in [3.05, 3.63) is 59.4 Å². The van der Waals surface area contributed by atoms with Crippen molar-refractivity contribution < 1.29 is 9.90 Å². The lowest BCUT2D eigenvalue weighted by Gasteiger charge is -2.08. The zero-order chi connectivity index (χ0) is 14.4. The summed E-state index contributed by atoms with van der Waals surface area (Å²) in [5.41, 5.74) is 2.84. The van der Waals surface area contributed by atoms with E-state index in [1.54, 1.807) is 24.4 Å². The van der Waals surface area contributed by atoms with Crippen LogP contribution in [0.1, 0.15) is 23.7 Å². The van der Waals surface area contributed by atoms with Crippen LogP contribution in [0.3, 0.4) is 0 Å². The number of aromatic hydroxyl groups is 1. The number of pyridine rings is 1. The molecule has 4 heteroatoms. The third kappa shape index (κ3) is 3.82. The van der Waals surface area contributed by atoms with Gasteiger partial charge in [-0.25, -0.2) is 0 Å². The molecule has 0 saturated carbocycles. The lowest BCUT2D eigenvalue weighted by atomic mass is 10.1. The van der Waals surface area contributed by atoms with Gasteiger partial charge in [-0.05, 0) is 35.7 Å². The second-order valence-corrected chi connectivity index (χ2v) is 4.59. The van der Waals surface area contributed by atoms with Gasteiger partial charge in [0.1, 0.15) is 5.75 Å². The monoisotopic (exact) mass is 270 g/mol. The second kappa shape index (κ2) is 6.70. The molecule has 1 amide bonds. The molecule has 2 rings (SSSR count). The van der Waals surface area contributed by atoms with Gasteiger partial charge in [0.15, 0.2) is 0 Å². The van der Waals surface area contributed by atoms with E-state index in [9.17, 15) is 9.90 Å². The summed E-state index contributed by atoms with van der Waals surface area (Å²) in [6.07, 6.45) is 2.88. The smallest absolute Gasteiger partial charge is 0.224 e. The fourth-order valence-electron chi connectivity index (χ4n) is 2.05. The van der Waals surface area contributed by atoms with Crippen molar-refractivity contribution in [3.8, 4) is 5.75 Å². The maximum atomic E-state index is 11.9. The zero-order valence-corrected chi connectivity index (χ0v) is 11.5. The van der Waals surface area contributed by atoms with Gasteiger partial charge in [0.2, 0.25) is 5.91 Å². The number of hydrogen-bond acceptors (Lipinski definition) is 3. The summed E-state index contributed by atoms with van der Waals surface area (Å²) in [6, 6.07) is 10.6. The lowest BCUT2D eigenvalue weighted by Crippen LogP contribution is -2.25. The van der Waals surface area contributed by atoms with Gasteiger partial charge in [0, 0.05) is 6.20 Å². The molecular formula is C16H18N2O2. The van der Waals surface area contributed by atoms with E-state index >= 15 is 0 Å². The highest BCUT2D eigenvalue weighted by atomic mass is 16.3.